The molecular weight excluding hydrogens is 394 g/mol. The zero-order valence-electron chi connectivity index (χ0n) is 15.8. The number of aromatic nitrogens is 1. The van der Waals surface area contributed by atoms with Crippen LogP contribution in [-0.4, -0.2) is 29.0 Å². The van der Waals surface area contributed by atoms with Crippen molar-refractivity contribution in [2.24, 2.45) is 0 Å². The molecule has 1 N–H and O–H groups in total. The summed E-state index contributed by atoms with van der Waals surface area (Å²) in [5.41, 5.74) is 1.65. The molecule has 1 aromatic heterocycles. The molecule has 1 atom stereocenters. The van der Waals surface area contributed by atoms with E-state index in [4.69, 9.17) is 25.9 Å². The fraction of sp³-hybridized carbons (Fsp3) is 0.227. The molecule has 0 saturated heterocycles. The Hall–Kier alpha value is -3.12. The zero-order valence-corrected chi connectivity index (χ0v) is 16.6. The Bertz CT molecular complexity index is 979. The number of oxazole rings is 1. The van der Waals surface area contributed by atoms with Gasteiger partial charge in [-0.15, -0.1) is 0 Å². The van der Waals surface area contributed by atoms with Crippen molar-refractivity contribution in [1.29, 1.82) is 0 Å². The molecule has 3 rings (SSSR count). The highest BCUT2D eigenvalue weighted by Crippen LogP contribution is 2.26. The number of methoxy groups -OCH3 is 1. The maximum absolute atomic E-state index is 12.7. The predicted molar refractivity (Wildman–Crippen MR) is 108 cm³/mol. The molecule has 2 aromatic carbocycles. The van der Waals surface area contributed by atoms with Crippen molar-refractivity contribution < 1.29 is 23.8 Å². The van der Waals surface area contributed by atoms with Crippen molar-refractivity contribution in [3.05, 3.63) is 82.5 Å². The van der Waals surface area contributed by atoms with Gasteiger partial charge in [0.25, 0.3) is 0 Å². The largest absolute Gasteiger partial charge is 0.497 e. The second kappa shape index (κ2) is 9.39. The van der Waals surface area contributed by atoms with Crippen LogP contribution in [0, 0.1) is 0 Å². The number of benzene rings is 2. The lowest BCUT2D eigenvalue weighted by Crippen LogP contribution is -2.13. The number of ether oxygens (including phenoxy) is 1. The average molecular weight is 414 g/mol. The molecule has 0 saturated carbocycles. The average Bonchev–Trinajstić information content (AvgIpc) is 3.20. The number of ketones is 1. The number of carboxylic acids is 1. The number of aromatic carboxylic acids is 1. The molecule has 0 radical (unpaired) electrons. The van der Waals surface area contributed by atoms with Crippen molar-refractivity contribution >= 4 is 23.4 Å². The van der Waals surface area contributed by atoms with Crippen LogP contribution in [0.5, 0.6) is 5.75 Å². The summed E-state index contributed by atoms with van der Waals surface area (Å²) in [6.45, 7) is 0. The fourth-order valence-corrected chi connectivity index (χ4v) is 3.17. The molecule has 6 nitrogen and oxygen atoms in total. The van der Waals surface area contributed by atoms with Crippen LogP contribution in [0.15, 0.2) is 59.2 Å². The van der Waals surface area contributed by atoms with E-state index >= 15 is 0 Å². The maximum Gasteiger partial charge on any atom is 0.357 e. The van der Waals surface area contributed by atoms with Crippen molar-refractivity contribution in [2.75, 3.05) is 7.11 Å². The highest BCUT2D eigenvalue weighted by Gasteiger charge is 2.23. The predicted octanol–water partition coefficient (Wildman–Crippen LogP) is 4.56. The summed E-state index contributed by atoms with van der Waals surface area (Å²) in [6, 6.07) is 14.6. The third kappa shape index (κ3) is 5.68. The number of halogens is 1. The van der Waals surface area contributed by atoms with Crippen LogP contribution in [0.25, 0.3) is 0 Å². The number of nitrogens with zero attached hydrogens (tertiary/aromatic N) is 1. The van der Waals surface area contributed by atoms with Gasteiger partial charge < -0.3 is 14.3 Å². The normalized spacial score (nSPS) is 11.8. The molecule has 0 amide bonds. The second-order valence-electron chi connectivity index (χ2n) is 6.67. The van der Waals surface area contributed by atoms with E-state index in [0.29, 0.717) is 11.4 Å². The van der Waals surface area contributed by atoms with Crippen LogP contribution in [0.4, 0.5) is 0 Å². The topological polar surface area (TPSA) is 89.6 Å². The minimum Gasteiger partial charge on any atom is -0.497 e. The van der Waals surface area contributed by atoms with E-state index in [1.165, 1.54) is 0 Å². The molecule has 0 bridgehead atoms. The molecule has 1 unspecified atom stereocenters. The van der Waals surface area contributed by atoms with E-state index in [-0.39, 0.29) is 36.1 Å². The Balaban J connectivity index is 1.77. The third-order valence-corrected chi connectivity index (χ3v) is 4.77. The highest BCUT2D eigenvalue weighted by molar-refractivity contribution is 6.30. The van der Waals surface area contributed by atoms with E-state index in [2.05, 4.69) is 4.98 Å². The van der Waals surface area contributed by atoms with Crippen LogP contribution in [0.1, 0.15) is 39.8 Å². The van der Waals surface area contributed by atoms with Gasteiger partial charge in [-0.2, -0.15) is 0 Å². The van der Waals surface area contributed by atoms with E-state index in [1.54, 1.807) is 19.2 Å². The molecule has 7 heteroatoms. The van der Waals surface area contributed by atoms with E-state index in [9.17, 15) is 9.59 Å². The van der Waals surface area contributed by atoms with Crippen molar-refractivity contribution in [1.82, 2.24) is 4.98 Å². The number of hydrogen-bond acceptors (Lipinski definition) is 5. The van der Waals surface area contributed by atoms with Crippen LogP contribution >= 0.6 is 11.6 Å². The smallest absolute Gasteiger partial charge is 0.357 e. The molecular formula is C22H20ClNO5. The summed E-state index contributed by atoms with van der Waals surface area (Å²) in [7, 11) is 1.59. The van der Waals surface area contributed by atoms with E-state index in [1.807, 2.05) is 36.4 Å². The minimum absolute atomic E-state index is 0.000842. The lowest BCUT2D eigenvalue weighted by molar-refractivity contribution is -0.118. The first-order valence-corrected chi connectivity index (χ1v) is 9.40. The molecule has 0 aliphatic rings. The standard InChI is InChI=1S/C22H20ClNO5/c1-28-19-8-4-14(5-9-19)10-16(21-24-20(13-29-21)22(26)27)12-18(25)11-15-2-6-17(23)7-3-15/h2-9,13,16H,10-12H2,1H3,(H,26,27). The quantitative estimate of drug-likeness (QED) is 0.553. The molecule has 1 heterocycles. The number of carbonyl (C=O) groups excluding carboxylic acids is 1. The van der Waals surface area contributed by atoms with Crippen molar-refractivity contribution in [3.63, 3.8) is 0 Å². The van der Waals surface area contributed by atoms with Crippen LogP contribution in [0.2, 0.25) is 5.02 Å². The van der Waals surface area contributed by atoms with Gasteiger partial charge in [-0.05, 0) is 41.8 Å². The van der Waals surface area contributed by atoms with Gasteiger partial charge in [0.1, 0.15) is 17.8 Å². The number of carbonyl (C=O) groups is 2. The fourth-order valence-electron chi connectivity index (χ4n) is 3.04. The van der Waals surface area contributed by atoms with Crippen molar-refractivity contribution in [2.45, 2.75) is 25.2 Å². The van der Waals surface area contributed by atoms with Gasteiger partial charge in [0, 0.05) is 23.8 Å². The molecule has 0 aliphatic carbocycles. The van der Waals surface area contributed by atoms with Gasteiger partial charge in [0.05, 0.1) is 7.11 Å². The van der Waals surface area contributed by atoms with Gasteiger partial charge in [0.15, 0.2) is 11.6 Å². The Morgan fingerprint density at radius 2 is 1.76 bits per heavy atom. The number of Topliss-reactive ketones (excluding diaryl/α,β-unsaturated/α-hetero) is 1. The van der Waals surface area contributed by atoms with Gasteiger partial charge in [-0.3, -0.25) is 4.79 Å². The summed E-state index contributed by atoms with van der Waals surface area (Å²) < 4.78 is 10.6. The molecule has 3 aromatic rings. The Morgan fingerprint density at radius 3 is 2.34 bits per heavy atom. The summed E-state index contributed by atoms with van der Waals surface area (Å²) in [6.07, 6.45) is 2.01. The van der Waals surface area contributed by atoms with Crippen molar-refractivity contribution in [3.8, 4) is 5.75 Å². The maximum atomic E-state index is 12.7. The molecule has 150 valence electrons. The van der Waals surface area contributed by atoms with Gasteiger partial charge in [0.2, 0.25) is 0 Å². The van der Waals surface area contributed by atoms with Crippen LogP contribution < -0.4 is 4.74 Å². The lowest BCUT2D eigenvalue weighted by atomic mass is 9.92. The first-order chi connectivity index (χ1) is 13.9. The summed E-state index contributed by atoms with van der Waals surface area (Å²) in [5.74, 6) is -0.580. The molecule has 0 spiro atoms. The van der Waals surface area contributed by atoms with Crippen LogP contribution in [0.3, 0.4) is 0 Å². The Labute approximate surface area is 173 Å². The third-order valence-electron chi connectivity index (χ3n) is 4.52. The highest BCUT2D eigenvalue weighted by atomic mass is 35.5. The second-order valence-corrected chi connectivity index (χ2v) is 7.11. The van der Waals surface area contributed by atoms with Crippen LogP contribution in [-0.2, 0) is 17.6 Å². The molecule has 0 aliphatic heterocycles. The molecule has 29 heavy (non-hydrogen) atoms. The van der Waals surface area contributed by atoms with E-state index in [0.717, 1.165) is 23.1 Å². The zero-order chi connectivity index (χ0) is 20.8. The molecule has 0 fully saturated rings. The Morgan fingerprint density at radius 1 is 1.10 bits per heavy atom. The number of rotatable bonds is 9. The summed E-state index contributed by atoms with van der Waals surface area (Å²) in [5, 5.41) is 9.72. The van der Waals surface area contributed by atoms with Gasteiger partial charge >= 0.3 is 5.97 Å². The first-order valence-electron chi connectivity index (χ1n) is 9.02. The van der Waals surface area contributed by atoms with Gasteiger partial charge in [-0.25, -0.2) is 9.78 Å². The number of hydrogen-bond donors (Lipinski definition) is 1. The number of carboxylic acid groups (broad SMARTS) is 1. The Kier molecular flexibility index (Phi) is 6.67. The minimum atomic E-state index is -1.17. The van der Waals surface area contributed by atoms with Gasteiger partial charge in [-0.1, -0.05) is 35.9 Å². The lowest BCUT2D eigenvalue weighted by Gasteiger charge is -2.13. The first kappa shape index (κ1) is 20.6. The summed E-state index contributed by atoms with van der Waals surface area (Å²) in [4.78, 5) is 27.9. The van der Waals surface area contributed by atoms with E-state index < -0.39 is 5.97 Å². The monoisotopic (exact) mass is 413 g/mol. The summed E-state index contributed by atoms with van der Waals surface area (Å²) >= 11 is 5.89. The SMILES string of the molecule is COc1ccc(CC(CC(=O)Cc2ccc(Cl)cc2)c2nc(C(=O)O)co2)cc1.